The van der Waals surface area contributed by atoms with E-state index in [0.29, 0.717) is 0 Å². The summed E-state index contributed by atoms with van der Waals surface area (Å²) < 4.78 is 10.9. The molecule has 1 N–H and O–H groups in total. The van der Waals surface area contributed by atoms with Crippen LogP contribution in [0.15, 0.2) is 17.3 Å². The maximum Gasteiger partial charge on any atom is 0.127 e. The van der Waals surface area contributed by atoms with Gasteiger partial charge in [-0.2, -0.15) is 0 Å². The molecule has 0 aliphatic heterocycles. The first-order valence-corrected chi connectivity index (χ1v) is 6.15. The van der Waals surface area contributed by atoms with Gasteiger partial charge < -0.3 is 14.7 Å². The summed E-state index contributed by atoms with van der Waals surface area (Å²) in [6, 6.07) is 4.22. The SMILES string of the molecule is CCOCCc1cc(C)c(OC/C=N\O)c(C)c1. The van der Waals surface area contributed by atoms with Crippen LogP contribution in [-0.2, 0) is 11.2 Å². The molecule has 18 heavy (non-hydrogen) atoms. The van der Waals surface area contributed by atoms with Gasteiger partial charge in [0.05, 0.1) is 12.8 Å². The lowest BCUT2D eigenvalue weighted by Gasteiger charge is -2.12. The topological polar surface area (TPSA) is 51.0 Å². The van der Waals surface area contributed by atoms with Crippen molar-refractivity contribution in [2.75, 3.05) is 19.8 Å². The molecule has 4 nitrogen and oxygen atoms in total. The molecule has 0 heterocycles. The Bertz CT molecular complexity index is 379. The smallest absolute Gasteiger partial charge is 0.127 e. The molecular formula is C14H21NO3. The molecule has 0 aliphatic rings. The largest absolute Gasteiger partial charge is 0.487 e. The van der Waals surface area contributed by atoms with E-state index in [-0.39, 0.29) is 6.61 Å². The van der Waals surface area contributed by atoms with Crippen LogP contribution in [0.3, 0.4) is 0 Å². The first-order valence-electron chi connectivity index (χ1n) is 6.15. The van der Waals surface area contributed by atoms with Crippen LogP contribution >= 0.6 is 0 Å². The predicted octanol–water partition coefficient (Wildman–Crippen LogP) is 2.72. The average molecular weight is 251 g/mol. The fourth-order valence-corrected chi connectivity index (χ4v) is 1.90. The second kappa shape index (κ2) is 7.71. The average Bonchev–Trinajstić information content (AvgIpc) is 2.33. The minimum Gasteiger partial charge on any atom is -0.487 e. The van der Waals surface area contributed by atoms with Crippen LogP contribution in [0.1, 0.15) is 23.6 Å². The van der Waals surface area contributed by atoms with Crippen molar-refractivity contribution in [3.63, 3.8) is 0 Å². The molecule has 0 aromatic heterocycles. The molecule has 0 spiro atoms. The molecule has 1 rings (SSSR count). The first-order chi connectivity index (χ1) is 8.69. The summed E-state index contributed by atoms with van der Waals surface area (Å²) in [5.41, 5.74) is 3.43. The molecule has 0 aliphatic carbocycles. The zero-order valence-corrected chi connectivity index (χ0v) is 11.3. The van der Waals surface area contributed by atoms with E-state index < -0.39 is 0 Å². The van der Waals surface area contributed by atoms with Gasteiger partial charge in [-0.15, -0.1) is 0 Å². The second-order valence-corrected chi connectivity index (χ2v) is 4.11. The molecule has 0 atom stereocenters. The number of hydrogen-bond donors (Lipinski definition) is 1. The van der Waals surface area contributed by atoms with Crippen LogP contribution in [0, 0.1) is 13.8 Å². The zero-order chi connectivity index (χ0) is 13.4. The summed E-state index contributed by atoms with van der Waals surface area (Å²) in [4.78, 5) is 0. The summed E-state index contributed by atoms with van der Waals surface area (Å²) in [6.45, 7) is 7.80. The first kappa shape index (κ1) is 14.5. The maximum atomic E-state index is 8.32. The van der Waals surface area contributed by atoms with E-state index in [1.807, 2.05) is 20.8 Å². The molecule has 100 valence electrons. The summed E-state index contributed by atoms with van der Waals surface area (Å²) in [6.07, 6.45) is 2.23. The molecule has 0 saturated carbocycles. The Balaban J connectivity index is 2.70. The highest BCUT2D eigenvalue weighted by molar-refractivity contribution is 5.58. The van der Waals surface area contributed by atoms with Gasteiger partial charge in [0, 0.05) is 6.61 Å². The van der Waals surface area contributed by atoms with Crippen LogP contribution in [0.5, 0.6) is 5.75 Å². The van der Waals surface area contributed by atoms with Gasteiger partial charge in [0.2, 0.25) is 0 Å². The highest BCUT2D eigenvalue weighted by atomic mass is 16.5. The number of benzene rings is 1. The van der Waals surface area contributed by atoms with Crippen molar-refractivity contribution in [2.24, 2.45) is 5.16 Å². The number of ether oxygens (including phenoxy) is 2. The highest BCUT2D eigenvalue weighted by Gasteiger charge is 2.06. The van der Waals surface area contributed by atoms with Gasteiger partial charge in [-0.25, -0.2) is 0 Å². The van der Waals surface area contributed by atoms with Crippen molar-refractivity contribution in [3.8, 4) is 5.75 Å². The molecule has 0 unspecified atom stereocenters. The summed E-state index contributed by atoms with van der Waals surface area (Å²) in [5, 5.41) is 11.2. The van der Waals surface area contributed by atoms with Gasteiger partial charge >= 0.3 is 0 Å². The van der Waals surface area contributed by atoms with Gasteiger partial charge in [-0.3, -0.25) is 0 Å². The maximum absolute atomic E-state index is 8.32. The summed E-state index contributed by atoms with van der Waals surface area (Å²) in [5.74, 6) is 0.857. The number of nitrogens with zero attached hydrogens (tertiary/aromatic N) is 1. The van der Waals surface area contributed by atoms with E-state index in [0.717, 1.165) is 36.5 Å². The molecular weight excluding hydrogens is 230 g/mol. The Morgan fingerprint density at radius 3 is 2.50 bits per heavy atom. The third kappa shape index (κ3) is 4.37. The van der Waals surface area contributed by atoms with Gasteiger partial charge in [-0.1, -0.05) is 17.3 Å². The lowest BCUT2D eigenvalue weighted by molar-refractivity contribution is 0.151. The third-order valence-corrected chi connectivity index (χ3v) is 2.64. The monoisotopic (exact) mass is 251 g/mol. The normalized spacial score (nSPS) is 11.1. The lowest BCUT2D eigenvalue weighted by atomic mass is 10.0. The molecule has 4 heteroatoms. The van der Waals surface area contributed by atoms with Crippen molar-refractivity contribution >= 4 is 6.21 Å². The van der Waals surface area contributed by atoms with E-state index in [9.17, 15) is 0 Å². The Kier molecular flexibility index (Phi) is 6.22. The third-order valence-electron chi connectivity index (χ3n) is 2.64. The van der Waals surface area contributed by atoms with Crippen molar-refractivity contribution < 1.29 is 14.7 Å². The Hall–Kier alpha value is -1.55. The van der Waals surface area contributed by atoms with Gasteiger partial charge in [0.1, 0.15) is 12.4 Å². The van der Waals surface area contributed by atoms with E-state index >= 15 is 0 Å². The predicted molar refractivity (Wildman–Crippen MR) is 71.9 cm³/mol. The minimum absolute atomic E-state index is 0.274. The number of rotatable bonds is 7. The highest BCUT2D eigenvalue weighted by Crippen LogP contribution is 2.24. The molecule has 0 saturated heterocycles. The molecule has 0 radical (unpaired) electrons. The molecule has 1 aromatic rings. The van der Waals surface area contributed by atoms with Gasteiger partial charge in [-0.05, 0) is 43.9 Å². The zero-order valence-electron chi connectivity index (χ0n) is 11.3. The van der Waals surface area contributed by atoms with Crippen LogP contribution in [0.2, 0.25) is 0 Å². The fraction of sp³-hybridized carbons (Fsp3) is 0.500. The van der Waals surface area contributed by atoms with Gasteiger partial charge in [0.25, 0.3) is 0 Å². The minimum atomic E-state index is 0.274. The molecule has 0 fully saturated rings. The van der Waals surface area contributed by atoms with Crippen molar-refractivity contribution in [1.82, 2.24) is 0 Å². The quantitative estimate of drug-likeness (QED) is 0.351. The van der Waals surface area contributed by atoms with Crippen LogP contribution < -0.4 is 4.74 Å². The van der Waals surface area contributed by atoms with E-state index in [4.69, 9.17) is 14.7 Å². The molecule has 1 aromatic carbocycles. The van der Waals surface area contributed by atoms with Gasteiger partial charge in [0.15, 0.2) is 0 Å². The van der Waals surface area contributed by atoms with Crippen molar-refractivity contribution in [2.45, 2.75) is 27.2 Å². The Morgan fingerprint density at radius 1 is 1.28 bits per heavy atom. The van der Waals surface area contributed by atoms with Crippen molar-refractivity contribution in [3.05, 3.63) is 28.8 Å². The lowest BCUT2D eigenvalue weighted by Crippen LogP contribution is -2.04. The van der Waals surface area contributed by atoms with Crippen LogP contribution in [0.4, 0.5) is 0 Å². The Morgan fingerprint density at radius 2 is 1.94 bits per heavy atom. The fourth-order valence-electron chi connectivity index (χ4n) is 1.90. The van der Waals surface area contributed by atoms with Crippen molar-refractivity contribution in [1.29, 1.82) is 0 Å². The van der Waals surface area contributed by atoms with E-state index in [2.05, 4.69) is 17.3 Å². The number of aryl methyl sites for hydroxylation is 2. The van der Waals surface area contributed by atoms with Crippen LogP contribution in [-0.4, -0.2) is 31.2 Å². The number of hydrogen-bond acceptors (Lipinski definition) is 4. The Labute approximate surface area is 108 Å². The second-order valence-electron chi connectivity index (χ2n) is 4.11. The number of oxime groups is 1. The van der Waals surface area contributed by atoms with Crippen LogP contribution in [0.25, 0.3) is 0 Å². The van der Waals surface area contributed by atoms with E-state index in [1.165, 1.54) is 11.8 Å². The standard InChI is InChI=1S/C14H21NO3/c1-4-17-7-5-13-9-11(2)14(12(3)10-13)18-8-6-15-16/h6,9-10,16H,4-5,7-8H2,1-3H3/b15-6-. The van der Waals surface area contributed by atoms with E-state index in [1.54, 1.807) is 0 Å². The summed E-state index contributed by atoms with van der Waals surface area (Å²) in [7, 11) is 0. The summed E-state index contributed by atoms with van der Waals surface area (Å²) >= 11 is 0. The molecule has 0 bridgehead atoms. The molecule has 0 amide bonds.